The number of hydrogen-bond donors (Lipinski definition) is 1. The lowest BCUT2D eigenvalue weighted by molar-refractivity contribution is -0.0320. The van der Waals surface area contributed by atoms with E-state index in [0.29, 0.717) is 12.5 Å². The van der Waals surface area contributed by atoms with E-state index in [-0.39, 0.29) is 6.10 Å². The summed E-state index contributed by atoms with van der Waals surface area (Å²) in [4.78, 5) is 0. The number of fused-ring (bicyclic) bond motifs is 1. The summed E-state index contributed by atoms with van der Waals surface area (Å²) < 4.78 is 13.8. The van der Waals surface area contributed by atoms with Crippen LogP contribution in [0.3, 0.4) is 0 Å². The summed E-state index contributed by atoms with van der Waals surface area (Å²) >= 11 is 0. The fourth-order valence-corrected chi connectivity index (χ4v) is 3.73. The molecule has 1 aromatic carbocycles. The molecule has 0 amide bonds. The van der Waals surface area contributed by atoms with Gasteiger partial charge in [0.1, 0.15) is 18.5 Å². The van der Waals surface area contributed by atoms with Crippen molar-refractivity contribution in [3.05, 3.63) is 53.4 Å². The molecule has 2 aliphatic rings. The third-order valence-corrected chi connectivity index (χ3v) is 5.05. The lowest BCUT2D eigenvalue weighted by Crippen LogP contribution is -2.34. The largest absolute Gasteiger partial charge is 0.489 e. The van der Waals surface area contributed by atoms with Crippen LogP contribution in [0.15, 0.2) is 42.1 Å². The molecule has 0 saturated carbocycles. The van der Waals surface area contributed by atoms with Gasteiger partial charge >= 0.3 is 0 Å². The smallest absolute Gasteiger partial charge is 0.127 e. The SMILES string of the molecule is Cn1nccc1[C@@H]1OCCC[C@H]1CNCC1=Cc2ccccc2OC1. The average Bonchev–Trinajstić information content (AvgIpc) is 3.08. The molecular formula is C20H25N3O2. The molecule has 1 aromatic heterocycles. The first-order valence-electron chi connectivity index (χ1n) is 9.03. The van der Waals surface area contributed by atoms with E-state index in [1.54, 1.807) is 0 Å². The second-order valence-corrected chi connectivity index (χ2v) is 6.83. The monoisotopic (exact) mass is 339 g/mol. The number of hydrogen-bond acceptors (Lipinski definition) is 4. The van der Waals surface area contributed by atoms with Gasteiger partial charge in [-0.05, 0) is 36.6 Å². The van der Waals surface area contributed by atoms with E-state index in [1.165, 1.54) is 23.3 Å². The molecule has 0 unspecified atom stereocenters. The molecule has 4 rings (SSSR count). The van der Waals surface area contributed by atoms with Crippen molar-refractivity contribution in [2.75, 3.05) is 26.3 Å². The summed E-state index contributed by atoms with van der Waals surface area (Å²) in [5, 5.41) is 7.90. The number of nitrogens with one attached hydrogen (secondary N) is 1. The number of ether oxygens (including phenoxy) is 2. The number of para-hydroxylation sites is 1. The molecule has 0 bridgehead atoms. The van der Waals surface area contributed by atoms with Crippen LogP contribution in [0, 0.1) is 5.92 Å². The fraction of sp³-hybridized carbons (Fsp3) is 0.450. The van der Waals surface area contributed by atoms with Crippen LogP contribution in [0.25, 0.3) is 6.08 Å². The summed E-state index contributed by atoms with van der Waals surface area (Å²) in [5.41, 5.74) is 3.62. The minimum Gasteiger partial charge on any atom is -0.489 e. The van der Waals surface area contributed by atoms with Crippen molar-refractivity contribution in [1.29, 1.82) is 0 Å². The lowest BCUT2D eigenvalue weighted by Gasteiger charge is -2.32. The van der Waals surface area contributed by atoms with Crippen molar-refractivity contribution < 1.29 is 9.47 Å². The van der Waals surface area contributed by atoms with Gasteiger partial charge < -0.3 is 14.8 Å². The second-order valence-electron chi connectivity index (χ2n) is 6.83. The number of nitrogens with zero attached hydrogens (tertiary/aromatic N) is 2. The van der Waals surface area contributed by atoms with Gasteiger partial charge in [-0.25, -0.2) is 0 Å². The van der Waals surface area contributed by atoms with E-state index < -0.39 is 0 Å². The van der Waals surface area contributed by atoms with Crippen LogP contribution in [0.1, 0.15) is 30.2 Å². The molecule has 0 radical (unpaired) electrons. The molecule has 25 heavy (non-hydrogen) atoms. The Labute approximate surface area is 148 Å². The second kappa shape index (κ2) is 7.42. The molecule has 5 nitrogen and oxygen atoms in total. The highest BCUT2D eigenvalue weighted by Crippen LogP contribution is 2.33. The van der Waals surface area contributed by atoms with Gasteiger partial charge in [-0.3, -0.25) is 4.68 Å². The third-order valence-electron chi connectivity index (χ3n) is 5.05. The van der Waals surface area contributed by atoms with Gasteiger partial charge in [0.2, 0.25) is 0 Å². The standard InChI is InChI=1S/C20H25N3O2/c1-23-18(8-9-22-23)20-17(6-4-10-24-20)13-21-12-15-11-16-5-2-3-7-19(16)25-14-15/h2-3,5,7-9,11,17,20-21H,4,6,10,12-14H2,1H3/t17-,20+/m0/s1. The molecule has 1 fully saturated rings. The summed E-state index contributed by atoms with van der Waals surface area (Å²) in [6, 6.07) is 10.2. The molecule has 3 heterocycles. The Balaban J connectivity index is 1.36. The minimum atomic E-state index is 0.131. The summed E-state index contributed by atoms with van der Waals surface area (Å²) in [5.74, 6) is 1.45. The zero-order chi connectivity index (χ0) is 17.1. The van der Waals surface area contributed by atoms with Crippen molar-refractivity contribution in [3.8, 4) is 5.75 Å². The Bertz CT molecular complexity index is 753. The topological polar surface area (TPSA) is 48.3 Å². The van der Waals surface area contributed by atoms with Gasteiger partial charge in [-0.1, -0.05) is 18.2 Å². The highest BCUT2D eigenvalue weighted by atomic mass is 16.5. The van der Waals surface area contributed by atoms with Crippen LogP contribution in [-0.2, 0) is 11.8 Å². The van der Waals surface area contributed by atoms with Crippen LogP contribution in [0.5, 0.6) is 5.75 Å². The van der Waals surface area contributed by atoms with Gasteiger partial charge in [0.05, 0.1) is 5.69 Å². The summed E-state index contributed by atoms with van der Waals surface area (Å²) in [6.07, 6.45) is 6.52. The Morgan fingerprint density at radius 3 is 3.08 bits per heavy atom. The van der Waals surface area contributed by atoms with Crippen LogP contribution in [-0.4, -0.2) is 36.1 Å². The molecule has 0 aliphatic carbocycles. The maximum absolute atomic E-state index is 6.06. The first-order valence-corrected chi connectivity index (χ1v) is 9.03. The van der Waals surface area contributed by atoms with Crippen molar-refractivity contribution >= 4 is 6.08 Å². The predicted molar refractivity (Wildman–Crippen MR) is 97.4 cm³/mol. The fourth-order valence-electron chi connectivity index (χ4n) is 3.73. The molecule has 2 atom stereocenters. The molecule has 2 aromatic rings. The van der Waals surface area contributed by atoms with Gasteiger partial charge in [-0.15, -0.1) is 0 Å². The first kappa shape index (κ1) is 16.4. The van der Waals surface area contributed by atoms with Crippen molar-refractivity contribution in [3.63, 3.8) is 0 Å². The van der Waals surface area contributed by atoms with Gasteiger partial charge in [-0.2, -0.15) is 5.10 Å². The highest BCUT2D eigenvalue weighted by molar-refractivity contribution is 5.62. The highest BCUT2D eigenvalue weighted by Gasteiger charge is 2.29. The normalized spacial score (nSPS) is 22.8. The number of aryl methyl sites for hydroxylation is 1. The Morgan fingerprint density at radius 2 is 2.20 bits per heavy atom. The number of benzene rings is 1. The zero-order valence-corrected chi connectivity index (χ0v) is 14.6. The summed E-state index contributed by atoms with van der Waals surface area (Å²) in [6.45, 7) is 3.29. The van der Waals surface area contributed by atoms with E-state index in [9.17, 15) is 0 Å². The molecule has 132 valence electrons. The Kier molecular flexibility index (Phi) is 4.85. The molecule has 1 saturated heterocycles. The maximum Gasteiger partial charge on any atom is 0.127 e. The first-order chi connectivity index (χ1) is 12.3. The molecule has 2 aliphatic heterocycles. The van der Waals surface area contributed by atoms with E-state index in [0.717, 1.165) is 31.9 Å². The number of rotatable bonds is 5. The van der Waals surface area contributed by atoms with Crippen molar-refractivity contribution in [2.24, 2.45) is 13.0 Å². The Morgan fingerprint density at radius 1 is 1.28 bits per heavy atom. The van der Waals surface area contributed by atoms with Crippen molar-refractivity contribution in [2.45, 2.75) is 18.9 Å². The lowest BCUT2D eigenvalue weighted by atomic mass is 9.92. The Hall–Kier alpha value is -2.11. The zero-order valence-electron chi connectivity index (χ0n) is 14.6. The van der Waals surface area contributed by atoms with Gasteiger partial charge in [0, 0.05) is 44.4 Å². The summed E-state index contributed by atoms with van der Waals surface area (Å²) in [7, 11) is 1.99. The number of aromatic nitrogens is 2. The molecule has 0 spiro atoms. The molecular weight excluding hydrogens is 314 g/mol. The van der Waals surface area contributed by atoms with Gasteiger partial charge in [0.25, 0.3) is 0 Å². The molecule has 1 N–H and O–H groups in total. The van der Waals surface area contributed by atoms with Crippen LogP contribution >= 0.6 is 0 Å². The van der Waals surface area contributed by atoms with E-state index in [1.807, 2.05) is 36.1 Å². The maximum atomic E-state index is 6.06. The quantitative estimate of drug-likeness (QED) is 0.910. The van der Waals surface area contributed by atoms with E-state index >= 15 is 0 Å². The van der Waals surface area contributed by atoms with Crippen molar-refractivity contribution in [1.82, 2.24) is 15.1 Å². The average molecular weight is 339 g/mol. The van der Waals surface area contributed by atoms with Gasteiger partial charge in [0.15, 0.2) is 0 Å². The van der Waals surface area contributed by atoms with E-state index in [4.69, 9.17) is 9.47 Å². The molecule has 5 heteroatoms. The predicted octanol–water partition coefficient (Wildman–Crippen LogP) is 2.95. The van der Waals surface area contributed by atoms with Crippen LogP contribution in [0.2, 0.25) is 0 Å². The van der Waals surface area contributed by atoms with Crippen LogP contribution in [0.4, 0.5) is 0 Å². The third kappa shape index (κ3) is 3.62. The van der Waals surface area contributed by atoms with E-state index in [2.05, 4.69) is 28.6 Å². The van der Waals surface area contributed by atoms with Crippen LogP contribution < -0.4 is 10.1 Å². The minimum absolute atomic E-state index is 0.131.